The highest BCUT2D eigenvalue weighted by Gasteiger charge is 2.07. The van der Waals surface area contributed by atoms with E-state index in [1.807, 2.05) is 0 Å². The molecule has 2 aromatic rings. The van der Waals surface area contributed by atoms with Crippen LogP contribution in [-0.4, -0.2) is 15.6 Å². The third-order valence-electron chi connectivity index (χ3n) is 2.00. The summed E-state index contributed by atoms with van der Waals surface area (Å²) in [7, 11) is 0. The molecule has 0 fully saturated rings. The predicted molar refractivity (Wildman–Crippen MR) is 49.4 cm³/mol. The van der Waals surface area contributed by atoms with Gasteiger partial charge in [-0.05, 0) is 18.2 Å². The predicted octanol–water partition coefficient (Wildman–Crippen LogP) is 1.66. The maximum Gasteiger partial charge on any atom is 0.285 e. The number of rotatable bonds is 2. The number of carbonyl (C=O) groups excluding carboxylic acids is 1. The summed E-state index contributed by atoms with van der Waals surface area (Å²) in [6.07, 6.45) is 2.00. The van der Waals surface area contributed by atoms with Crippen molar-refractivity contribution in [2.45, 2.75) is 0 Å². The molecule has 0 unspecified atom stereocenters. The summed E-state index contributed by atoms with van der Waals surface area (Å²) in [5.74, 6) is 0. The molecule has 0 saturated heterocycles. The number of aldehydes is 1. The molecule has 0 aliphatic heterocycles. The molecule has 0 atom stereocenters. The molecule has 0 aromatic carbocycles. The van der Waals surface area contributed by atoms with Crippen molar-refractivity contribution < 1.29 is 9.72 Å². The fourth-order valence-corrected chi connectivity index (χ4v) is 1.32. The Morgan fingerprint density at radius 2 is 2.00 bits per heavy atom. The third kappa shape index (κ3) is 1.15. The molecule has 0 bridgehead atoms. The van der Waals surface area contributed by atoms with Crippen LogP contribution in [0.2, 0.25) is 0 Å². The first-order valence-electron chi connectivity index (χ1n) is 3.93. The first-order chi connectivity index (χ1) is 6.72. The van der Waals surface area contributed by atoms with Crippen LogP contribution in [0.1, 0.15) is 10.5 Å². The summed E-state index contributed by atoms with van der Waals surface area (Å²) >= 11 is 0. The van der Waals surface area contributed by atoms with Crippen molar-refractivity contribution in [3.05, 3.63) is 46.3 Å². The van der Waals surface area contributed by atoms with Crippen LogP contribution >= 0.6 is 0 Å². The second-order valence-electron chi connectivity index (χ2n) is 2.82. The topological polar surface area (TPSA) is 64.6 Å². The number of pyridine rings is 1. The molecule has 14 heavy (non-hydrogen) atoms. The lowest BCUT2D eigenvalue weighted by atomic mass is 10.4. The average Bonchev–Trinajstić information content (AvgIpc) is 2.59. The van der Waals surface area contributed by atoms with Crippen molar-refractivity contribution in [1.82, 2.24) is 4.40 Å². The van der Waals surface area contributed by atoms with Crippen molar-refractivity contribution in [2.75, 3.05) is 0 Å². The van der Waals surface area contributed by atoms with Crippen LogP contribution in [0.4, 0.5) is 5.69 Å². The number of hydrogen-bond donors (Lipinski definition) is 0. The molecule has 2 aromatic heterocycles. The fraction of sp³-hybridized carbons (Fsp3) is 0. The van der Waals surface area contributed by atoms with E-state index in [4.69, 9.17) is 0 Å². The van der Waals surface area contributed by atoms with E-state index in [0.29, 0.717) is 12.0 Å². The van der Waals surface area contributed by atoms with E-state index in [1.54, 1.807) is 18.2 Å². The lowest BCUT2D eigenvalue weighted by molar-refractivity contribution is -0.385. The molecule has 0 spiro atoms. The molecule has 5 nitrogen and oxygen atoms in total. The molecule has 2 heterocycles. The third-order valence-corrected chi connectivity index (χ3v) is 2.00. The van der Waals surface area contributed by atoms with Crippen LogP contribution in [0, 0.1) is 10.1 Å². The Bertz CT molecular complexity index is 516. The van der Waals surface area contributed by atoms with Crippen LogP contribution in [0.3, 0.4) is 0 Å². The van der Waals surface area contributed by atoms with E-state index in [2.05, 4.69) is 0 Å². The highest BCUT2D eigenvalue weighted by molar-refractivity contribution is 5.76. The Labute approximate surface area is 78.7 Å². The normalized spacial score (nSPS) is 10.3. The molecular formula is C9H6N2O3. The van der Waals surface area contributed by atoms with Crippen LogP contribution in [0.25, 0.3) is 5.52 Å². The minimum Gasteiger partial charge on any atom is -0.307 e. The van der Waals surface area contributed by atoms with Gasteiger partial charge in [0.15, 0.2) is 6.29 Å². The van der Waals surface area contributed by atoms with Gasteiger partial charge in [-0.3, -0.25) is 14.9 Å². The molecule has 0 radical (unpaired) electrons. The molecule has 0 N–H and O–H groups in total. The quantitative estimate of drug-likeness (QED) is 0.411. The molecule has 0 amide bonds. The number of hydrogen-bond acceptors (Lipinski definition) is 3. The van der Waals surface area contributed by atoms with Gasteiger partial charge in [0.1, 0.15) is 0 Å². The number of nitrogens with zero attached hydrogens (tertiary/aromatic N) is 2. The number of nitro groups is 1. The van der Waals surface area contributed by atoms with Crippen LogP contribution in [0.15, 0.2) is 30.5 Å². The Hall–Kier alpha value is -2.17. The molecule has 0 aliphatic carbocycles. The van der Waals surface area contributed by atoms with Crippen molar-refractivity contribution >= 4 is 17.5 Å². The molecular weight excluding hydrogens is 184 g/mol. The average molecular weight is 190 g/mol. The Balaban J connectivity index is 2.73. The molecule has 2 rings (SSSR count). The summed E-state index contributed by atoms with van der Waals surface area (Å²) in [5, 5.41) is 10.5. The van der Waals surface area contributed by atoms with Gasteiger partial charge < -0.3 is 4.40 Å². The first-order valence-corrected chi connectivity index (χ1v) is 3.93. The SMILES string of the molecule is O=Cc1ccc2ccc([N+](=O)[O-])cn12. The van der Waals surface area contributed by atoms with E-state index in [0.717, 1.165) is 5.52 Å². The lowest BCUT2D eigenvalue weighted by Gasteiger charge is -1.96. The van der Waals surface area contributed by atoms with Crippen molar-refractivity contribution in [2.24, 2.45) is 0 Å². The van der Waals surface area contributed by atoms with E-state index in [9.17, 15) is 14.9 Å². The van der Waals surface area contributed by atoms with Gasteiger partial charge >= 0.3 is 0 Å². The van der Waals surface area contributed by atoms with Crippen LogP contribution < -0.4 is 0 Å². The smallest absolute Gasteiger partial charge is 0.285 e. The summed E-state index contributed by atoms with van der Waals surface area (Å²) in [4.78, 5) is 20.6. The zero-order chi connectivity index (χ0) is 10.1. The maximum absolute atomic E-state index is 10.6. The second-order valence-corrected chi connectivity index (χ2v) is 2.82. The second kappa shape index (κ2) is 2.95. The molecule has 5 heteroatoms. The Morgan fingerprint density at radius 1 is 1.29 bits per heavy atom. The summed E-state index contributed by atoms with van der Waals surface area (Å²) < 4.78 is 1.49. The van der Waals surface area contributed by atoms with E-state index in [1.165, 1.54) is 16.7 Å². The molecule has 0 saturated carbocycles. The number of aromatic nitrogens is 1. The number of fused-ring (bicyclic) bond motifs is 1. The zero-order valence-corrected chi connectivity index (χ0v) is 7.08. The van der Waals surface area contributed by atoms with Gasteiger partial charge in [-0.25, -0.2) is 0 Å². The lowest BCUT2D eigenvalue weighted by Crippen LogP contribution is -1.94. The van der Waals surface area contributed by atoms with Gasteiger partial charge in [-0.15, -0.1) is 0 Å². The van der Waals surface area contributed by atoms with Crippen LogP contribution in [-0.2, 0) is 0 Å². The Morgan fingerprint density at radius 3 is 2.64 bits per heavy atom. The van der Waals surface area contributed by atoms with Crippen LogP contribution in [0.5, 0.6) is 0 Å². The van der Waals surface area contributed by atoms with E-state index >= 15 is 0 Å². The number of carbonyl (C=O) groups is 1. The van der Waals surface area contributed by atoms with Crippen molar-refractivity contribution in [3.63, 3.8) is 0 Å². The van der Waals surface area contributed by atoms with Crippen molar-refractivity contribution in [1.29, 1.82) is 0 Å². The first kappa shape index (κ1) is 8.43. The van der Waals surface area contributed by atoms with Gasteiger partial charge in [0, 0.05) is 11.6 Å². The minimum atomic E-state index is -0.492. The highest BCUT2D eigenvalue weighted by Crippen LogP contribution is 2.15. The summed E-state index contributed by atoms with van der Waals surface area (Å²) in [6.45, 7) is 0. The monoisotopic (exact) mass is 190 g/mol. The van der Waals surface area contributed by atoms with Gasteiger partial charge in [0.25, 0.3) is 5.69 Å². The van der Waals surface area contributed by atoms with E-state index < -0.39 is 4.92 Å². The molecule has 0 aliphatic rings. The minimum absolute atomic E-state index is 0.0307. The maximum atomic E-state index is 10.6. The van der Waals surface area contributed by atoms with Gasteiger partial charge in [0.05, 0.1) is 16.8 Å². The largest absolute Gasteiger partial charge is 0.307 e. The summed E-state index contributed by atoms with van der Waals surface area (Å²) in [5.41, 5.74) is 1.14. The molecule has 70 valence electrons. The van der Waals surface area contributed by atoms with Gasteiger partial charge in [-0.2, -0.15) is 0 Å². The van der Waals surface area contributed by atoms with Crippen molar-refractivity contribution in [3.8, 4) is 0 Å². The van der Waals surface area contributed by atoms with E-state index in [-0.39, 0.29) is 5.69 Å². The Kier molecular flexibility index (Phi) is 1.78. The van der Waals surface area contributed by atoms with Gasteiger partial charge in [0.2, 0.25) is 0 Å². The zero-order valence-electron chi connectivity index (χ0n) is 7.08. The summed E-state index contributed by atoms with van der Waals surface area (Å²) in [6, 6.07) is 6.36. The van der Waals surface area contributed by atoms with Gasteiger partial charge in [-0.1, -0.05) is 0 Å². The fourth-order valence-electron chi connectivity index (χ4n) is 1.32. The highest BCUT2D eigenvalue weighted by atomic mass is 16.6. The standard InChI is InChI=1S/C9H6N2O3/c12-6-9-4-2-7-1-3-8(11(13)14)5-10(7)9/h1-6H.